The number of carbonyl (C=O) groups is 1. The van der Waals surface area contributed by atoms with Crippen LogP contribution in [0.1, 0.15) is 24.6 Å². The first-order valence-electron chi connectivity index (χ1n) is 9.31. The highest BCUT2D eigenvalue weighted by molar-refractivity contribution is 14.0. The monoisotopic (exact) mass is 569 g/mol. The molecule has 0 aliphatic carbocycles. The lowest BCUT2D eigenvalue weighted by Crippen LogP contribution is -2.57. The fourth-order valence-corrected chi connectivity index (χ4v) is 5.05. The Morgan fingerprint density at radius 3 is 2.41 bits per heavy atom. The first-order valence-corrected chi connectivity index (χ1v) is 10.9. The minimum Gasteiger partial charge on any atom is -0.351 e. The van der Waals surface area contributed by atoms with Crippen molar-refractivity contribution in [1.29, 1.82) is 0 Å². The number of guanidine groups is 1. The summed E-state index contributed by atoms with van der Waals surface area (Å²) in [5.74, 6) is 1.23. The van der Waals surface area contributed by atoms with Crippen molar-refractivity contribution in [2.75, 3.05) is 46.3 Å². The molecule has 27 heavy (non-hydrogen) atoms. The molecule has 0 saturated carbocycles. The van der Waals surface area contributed by atoms with Gasteiger partial charge in [-0.05, 0) is 47.8 Å². The van der Waals surface area contributed by atoms with E-state index in [0.29, 0.717) is 5.91 Å². The average molecular weight is 570 g/mol. The van der Waals surface area contributed by atoms with Crippen LogP contribution in [-0.4, -0.2) is 78.9 Å². The van der Waals surface area contributed by atoms with Gasteiger partial charge in [0, 0.05) is 51.2 Å². The fraction of sp³-hybridized carbons (Fsp3) is 0.667. The normalized spacial score (nSPS) is 19.7. The summed E-state index contributed by atoms with van der Waals surface area (Å²) in [4.78, 5) is 24.9. The van der Waals surface area contributed by atoms with Crippen LogP contribution in [0.2, 0.25) is 0 Å². The van der Waals surface area contributed by atoms with E-state index >= 15 is 0 Å². The first kappa shape index (κ1) is 22.9. The van der Waals surface area contributed by atoms with Gasteiger partial charge in [-0.3, -0.25) is 14.7 Å². The average Bonchev–Trinajstić information content (AvgIpc) is 3.33. The number of likely N-dealkylation sites (tertiary alicyclic amines) is 1. The number of halogens is 2. The van der Waals surface area contributed by atoms with Crippen LogP contribution in [0.25, 0.3) is 0 Å². The van der Waals surface area contributed by atoms with E-state index in [4.69, 9.17) is 0 Å². The van der Waals surface area contributed by atoms with Crippen molar-refractivity contribution < 1.29 is 4.79 Å². The Balaban J connectivity index is 0.00000261. The second-order valence-corrected chi connectivity index (χ2v) is 9.39. The Morgan fingerprint density at radius 1 is 1.19 bits per heavy atom. The summed E-state index contributed by atoms with van der Waals surface area (Å²) in [5.41, 5.74) is 0. The zero-order valence-electron chi connectivity index (χ0n) is 16.0. The zero-order valence-corrected chi connectivity index (χ0v) is 20.7. The highest BCUT2D eigenvalue weighted by atomic mass is 127. The van der Waals surface area contributed by atoms with Crippen LogP contribution in [0.4, 0.5) is 0 Å². The summed E-state index contributed by atoms with van der Waals surface area (Å²) in [5, 5.41) is 3.45. The topological polar surface area (TPSA) is 51.2 Å². The van der Waals surface area contributed by atoms with E-state index in [2.05, 4.69) is 55.1 Å². The largest absolute Gasteiger partial charge is 0.351 e. The molecule has 1 aromatic rings. The standard InChI is InChI=1S/C18H28BrN5OS.HI/c1-14(17(25)23-7-3-4-8-23)22-9-11-24(12-10-22)18(20-2)21-13-15-5-6-16(19)26-15;/h5-6,14H,3-4,7-13H2,1-2H3,(H,20,21);1H. The molecule has 1 aromatic heterocycles. The Hall–Kier alpha value is -0.390. The van der Waals surface area contributed by atoms with Crippen molar-refractivity contribution in [1.82, 2.24) is 20.0 Å². The van der Waals surface area contributed by atoms with Gasteiger partial charge in [-0.25, -0.2) is 0 Å². The van der Waals surface area contributed by atoms with Crippen LogP contribution in [0.15, 0.2) is 20.9 Å². The second-order valence-electron chi connectivity index (χ2n) is 6.84. The number of piperazine rings is 1. The molecule has 152 valence electrons. The molecule has 2 aliphatic rings. The molecule has 0 aromatic carbocycles. The molecule has 1 atom stereocenters. The van der Waals surface area contributed by atoms with Crippen LogP contribution < -0.4 is 5.32 Å². The molecule has 3 heterocycles. The van der Waals surface area contributed by atoms with Crippen molar-refractivity contribution >= 4 is 63.1 Å². The minimum absolute atomic E-state index is 0. The van der Waals surface area contributed by atoms with E-state index in [1.807, 2.05) is 11.9 Å². The Kier molecular flexibility index (Phi) is 9.30. The van der Waals surface area contributed by atoms with E-state index in [1.165, 1.54) is 4.88 Å². The van der Waals surface area contributed by atoms with Gasteiger partial charge in [0.1, 0.15) is 0 Å². The van der Waals surface area contributed by atoms with Crippen LogP contribution in [0, 0.1) is 0 Å². The second kappa shape index (κ2) is 11.0. The first-order chi connectivity index (χ1) is 12.6. The summed E-state index contributed by atoms with van der Waals surface area (Å²) in [6.07, 6.45) is 2.30. The predicted octanol–water partition coefficient (Wildman–Crippen LogP) is 2.83. The molecule has 1 N–H and O–H groups in total. The molecule has 2 aliphatic heterocycles. The van der Waals surface area contributed by atoms with Crippen LogP contribution >= 0.6 is 51.2 Å². The summed E-state index contributed by atoms with van der Waals surface area (Å²) < 4.78 is 1.15. The lowest BCUT2D eigenvalue weighted by molar-refractivity contribution is -0.135. The van der Waals surface area contributed by atoms with Gasteiger partial charge < -0.3 is 15.1 Å². The SMILES string of the molecule is CN=C(NCc1ccc(Br)s1)N1CCN(C(C)C(=O)N2CCCC2)CC1.I. The molecular weight excluding hydrogens is 541 g/mol. The molecular formula is C18H29BrIN5OS. The number of nitrogens with zero attached hydrogens (tertiary/aromatic N) is 4. The van der Waals surface area contributed by atoms with E-state index in [9.17, 15) is 4.79 Å². The number of nitrogens with one attached hydrogen (secondary N) is 1. The summed E-state index contributed by atoms with van der Waals surface area (Å²) in [6, 6.07) is 4.18. The maximum atomic E-state index is 12.6. The third-order valence-electron chi connectivity index (χ3n) is 5.20. The highest BCUT2D eigenvalue weighted by Crippen LogP contribution is 2.22. The van der Waals surface area contributed by atoms with Gasteiger partial charge >= 0.3 is 0 Å². The number of amides is 1. The summed E-state index contributed by atoms with van der Waals surface area (Å²) in [6.45, 7) is 8.27. The maximum absolute atomic E-state index is 12.6. The number of rotatable bonds is 4. The molecule has 0 spiro atoms. The quantitative estimate of drug-likeness (QED) is 0.344. The van der Waals surface area contributed by atoms with E-state index in [-0.39, 0.29) is 30.0 Å². The lowest BCUT2D eigenvalue weighted by atomic mass is 10.2. The van der Waals surface area contributed by atoms with Crippen molar-refractivity contribution in [2.24, 2.45) is 4.99 Å². The van der Waals surface area contributed by atoms with Crippen LogP contribution in [0.3, 0.4) is 0 Å². The number of hydrogen-bond donors (Lipinski definition) is 1. The molecule has 9 heteroatoms. The zero-order chi connectivity index (χ0) is 18.5. The van der Waals surface area contributed by atoms with Crippen molar-refractivity contribution in [3.8, 4) is 0 Å². The molecule has 0 bridgehead atoms. The molecule has 1 amide bonds. The Morgan fingerprint density at radius 2 is 1.85 bits per heavy atom. The summed E-state index contributed by atoms with van der Waals surface area (Å²) >= 11 is 5.24. The van der Waals surface area contributed by atoms with Gasteiger partial charge in [0.15, 0.2) is 5.96 Å². The number of hydrogen-bond acceptors (Lipinski definition) is 4. The number of thiophene rings is 1. The van der Waals surface area contributed by atoms with Gasteiger partial charge in [-0.1, -0.05) is 0 Å². The van der Waals surface area contributed by atoms with Crippen LogP contribution in [0.5, 0.6) is 0 Å². The van der Waals surface area contributed by atoms with Gasteiger partial charge in [0.2, 0.25) is 5.91 Å². The van der Waals surface area contributed by atoms with Gasteiger partial charge in [-0.15, -0.1) is 35.3 Å². The number of carbonyl (C=O) groups excluding carboxylic acids is 1. The number of aliphatic imine (C=N–C) groups is 1. The smallest absolute Gasteiger partial charge is 0.239 e. The van der Waals surface area contributed by atoms with Crippen molar-refractivity contribution in [3.63, 3.8) is 0 Å². The molecule has 3 rings (SSSR count). The molecule has 2 saturated heterocycles. The van der Waals surface area contributed by atoms with Gasteiger partial charge in [-0.2, -0.15) is 0 Å². The Labute approximate surface area is 191 Å². The predicted molar refractivity (Wildman–Crippen MR) is 126 cm³/mol. The van der Waals surface area contributed by atoms with E-state index < -0.39 is 0 Å². The van der Waals surface area contributed by atoms with Crippen molar-refractivity contribution in [3.05, 3.63) is 20.8 Å². The van der Waals surface area contributed by atoms with Gasteiger partial charge in [0.25, 0.3) is 0 Å². The fourth-order valence-electron chi connectivity index (χ4n) is 3.62. The summed E-state index contributed by atoms with van der Waals surface area (Å²) in [7, 11) is 1.83. The molecule has 2 fully saturated rings. The third-order valence-corrected chi connectivity index (χ3v) is 6.82. The van der Waals surface area contributed by atoms with Gasteiger partial charge in [0.05, 0.1) is 16.4 Å². The Bertz CT molecular complexity index is 641. The van der Waals surface area contributed by atoms with Crippen molar-refractivity contribution in [2.45, 2.75) is 32.4 Å². The highest BCUT2D eigenvalue weighted by Gasteiger charge is 2.30. The maximum Gasteiger partial charge on any atom is 0.239 e. The molecule has 6 nitrogen and oxygen atoms in total. The third kappa shape index (κ3) is 6.04. The van der Waals surface area contributed by atoms with E-state index in [0.717, 1.165) is 68.4 Å². The minimum atomic E-state index is -0.0197. The van der Waals surface area contributed by atoms with Crippen LogP contribution in [-0.2, 0) is 11.3 Å². The molecule has 1 unspecified atom stereocenters. The van der Waals surface area contributed by atoms with E-state index in [1.54, 1.807) is 11.3 Å². The lowest BCUT2D eigenvalue weighted by Gasteiger charge is -2.39. The molecule has 0 radical (unpaired) electrons.